The van der Waals surface area contributed by atoms with Crippen LogP contribution in [0.25, 0.3) is 0 Å². The molecule has 5 heteroatoms. The van der Waals surface area contributed by atoms with Gasteiger partial charge in [-0.15, -0.1) is 0 Å². The van der Waals surface area contributed by atoms with Gasteiger partial charge in [0, 0.05) is 23.9 Å². The molecule has 1 fully saturated rings. The quantitative estimate of drug-likeness (QED) is 0.834. The molecule has 18 heavy (non-hydrogen) atoms. The topological polar surface area (TPSA) is 59.0 Å². The van der Waals surface area contributed by atoms with E-state index in [0.29, 0.717) is 12.5 Å². The molecule has 1 amide bonds. The van der Waals surface area contributed by atoms with Crippen LogP contribution in [-0.2, 0) is 11.3 Å². The lowest BCUT2D eigenvalue weighted by molar-refractivity contribution is -0.122. The van der Waals surface area contributed by atoms with Crippen LogP contribution in [0.4, 0.5) is 0 Å². The molecule has 1 aliphatic rings. The molecule has 1 aliphatic heterocycles. The van der Waals surface area contributed by atoms with Crippen LogP contribution in [0.1, 0.15) is 38.3 Å². The van der Waals surface area contributed by atoms with Crippen molar-refractivity contribution in [1.29, 1.82) is 0 Å². The maximum Gasteiger partial charge on any atom is 0.240 e. The highest BCUT2D eigenvalue weighted by Crippen LogP contribution is 2.24. The van der Waals surface area contributed by atoms with Gasteiger partial charge in [-0.3, -0.25) is 4.79 Å². The summed E-state index contributed by atoms with van der Waals surface area (Å²) in [6, 6.07) is 0.184. The molecule has 5 nitrogen and oxygen atoms in total. The van der Waals surface area contributed by atoms with Crippen LogP contribution in [0.2, 0.25) is 0 Å². The van der Waals surface area contributed by atoms with E-state index < -0.39 is 0 Å². The third kappa shape index (κ3) is 3.32. The first-order chi connectivity index (χ1) is 8.66. The minimum Gasteiger partial charge on any atom is -0.352 e. The first-order valence-corrected chi connectivity index (χ1v) is 6.67. The molecule has 2 rings (SSSR count). The summed E-state index contributed by atoms with van der Waals surface area (Å²) >= 11 is 0. The van der Waals surface area contributed by atoms with E-state index in [-0.39, 0.29) is 11.9 Å². The van der Waals surface area contributed by atoms with E-state index in [1.807, 2.05) is 24.6 Å². The second kappa shape index (κ2) is 6.00. The first kappa shape index (κ1) is 13.1. The van der Waals surface area contributed by atoms with Crippen molar-refractivity contribution in [1.82, 2.24) is 20.2 Å². The predicted octanol–water partition coefficient (Wildman–Crippen LogP) is 0.875. The zero-order valence-corrected chi connectivity index (χ0v) is 11.1. The zero-order chi connectivity index (χ0) is 13.0. The molecule has 100 valence electrons. The van der Waals surface area contributed by atoms with Crippen LogP contribution in [0.3, 0.4) is 0 Å². The Kier molecular flexibility index (Phi) is 4.36. The fraction of sp³-hybridized carbons (Fsp3) is 0.692. The highest BCUT2D eigenvalue weighted by molar-refractivity contribution is 5.76. The van der Waals surface area contributed by atoms with E-state index in [2.05, 4.69) is 15.6 Å². The van der Waals surface area contributed by atoms with Crippen molar-refractivity contribution < 1.29 is 4.79 Å². The van der Waals surface area contributed by atoms with Gasteiger partial charge in [-0.2, -0.15) is 0 Å². The number of piperidine rings is 1. The zero-order valence-electron chi connectivity index (χ0n) is 11.1. The SMILES string of the molecule is CC(C)NC(=O)Cn1cncc1C1CCNCC1. The van der Waals surface area contributed by atoms with Gasteiger partial charge in [0.25, 0.3) is 0 Å². The van der Waals surface area contributed by atoms with E-state index in [1.54, 1.807) is 6.33 Å². The van der Waals surface area contributed by atoms with Gasteiger partial charge in [-0.1, -0.05) is 0 Å². The molecule has 0 bridgehead atoms. The summed E-state index contributed by atoms with van der Waals surface area (Å²) in [5.74, 6) is 0.582. The average Bonchev–Trinajstić information content (AvgIpc) is 2.77. The number of imidazole rings is 1. The van der Waals surface area contributed by atoms with Gasteiger partial charge in [0.2, 0.25) is 5.91 Å². The van der Waals surface area contributed by atoms with Crippen LogP contribution in [-0.4, -0.2) is 34.6 Å². The lowest BCUT2D eigenvalue weighted by Gasteiger charge is -2.23. The van der Waals surface area contributed by atoms with Crippen LogP contribution < -0.4 is 10.6 Å². The van der Waals surface area contributed by atoms with Crippen molar-refractivity contribution in [2.75, 3.05) is 13.1 Å². The van der Waals surface area contributed by atoms with Gasteiger partial charge >= 0.3 is 0 Å². The Morgan fingerprint density at radius 1 is 1.56 bits per heavy atom. The molecule has 1 saturated heterocycles. The maximum absolute atomic E-state index is 11.8. The summed E-state index contributed by atoms with van der Waals surface area (Å²) in [5, 5.41) is 6.27. The Morgan fingerprint density at radius 2 is 2.28 bits per heavy atom. The summed E-state index contributed by atoms with van der Waals surface area (Å²) < 4.78 is 1.98. The fourth-order valence-corrected chi connectivity index (χ4v) is 2.44. The minimum atomic E-state index is 0.0539. The molecule has 2 N–H and O–H groups in total. The second-order valence-corrected chi connectivity index (χ2v) is 5.19. The molecule has 2 heterocycles. The van der Waals surface area contributed by atoms with Crippen molar-refractivity contribution in [3.8, 4) is 0 Å². The van der Waals surface area contributed by atoms with E-state index in [0.717, 1.165) is 25.9 Å². The molecule has 0 spiro atoms. The highest BCUT2D eigenvalue weighted by Gasteiger charge is 2.19. The molecule has 0 unspecified atom stereocenters. The number of nitrogens with zero attached hydrogens (tertiary/aromatic N) is 2. The molecule has 0 radical (unpaired) electrons. The molecule has 0 atom stereocenters. The lowest BCUT2D eigenvalue weighted by atomic mass is 9.95. The Hall–Kier alpha value is -1.36. The fourth-order valence-electron chi connectivity index (χ4n) is 2.44. The molecule has 0 aliphatic carbocycles. The van der Waals surface area contributed by atoms with Gasteiger partial charge < -0.3 is 15.2 Å². The molecule has 0 saturated carbocycles. The number of rotatable bonds is 4. The predicted molar refractivity (Wildman–Crippen MR) is 70.4 cm³/mol. The first-order valence-electron chi connectivity index (χ1n) is 6.67. The Morgan fingerprint density at radius 3 is 2.94 bits per heavy atom. The Balaban J connectivity index is 2.00. The largest absolute Gasteiger partial charge is 0.352 e. The monoisotopic (exact) mass is 250 g/mol. The highest BCUT2D eigenvalue weighted by atomic mass is 16.2. The number of hydrogen-bond acceptors (Lipinski definition) is 3. The van der Waals surface area contributed by atoms with Crippen LogP contribution in [0, 0.1) is 0 Å². The third-order valence-corrected chi connectivity index (χ3v) is 3.27. The molecule has 1 aromatic heterocycles. The summed E-state index contributed by atoms with van der Waals surface area (Å²) in [6.07, 6.45) is 5.91. The van der Waals surface area contributed by atoms with Gasteiger partial charge in [-0.05, 0) is 39.8 Å². The summed E-state index contributed by atoms with van der Waals surface area (Å²) in [7, 11) is 0. The van der Waals surface area contributed by atoms with Gasteiger partial charge in [-0.25, -0.2) is 4.98 Å². The van der Waals surface area contributed by atoms with Gasteiger partial charge in [0.15, 0.2) is 0 Å². The van der Waals surface area contributed by atoms with Crippen LogP contribution in [0.15, 0.2) is 12.5 Å². The van der Waals surface area contributed by atoms with E-state index in [9.17, 15) is 4.79 Å². The summed E-state index contributed by atoms with van der Waals surface area (Å²) in [4.78, 5) is 16.0. The number of aromatic nitrogens is 2. The van der Waals surface area contributed by atoms with E-state index in [4.69, 9.17) is 0 Å². The van der Waals surface area contributed by atoms with Crippen molar-refractivity contribution in [3.63, 3.8) is 0 Å². The Labute approximate surface area is 108 Å². The minimum absolute atomic E-state index is 0.0539. The molecule has 1 aromatic rings. The number of nitrogens with one attached hydrogen (secondary N) is 2. The second-order valence-electron chi connectivity index (χ2n) is 5.19. The number of hydrogen-bond donors (Lipinski definition) is 2. The van der Waals surface area contributed by atoms with Gasteiger partial charge in [0.05, 0.1) is 6.33 Å². The molecule has 0 aromatic carbocycles. The summed E-state index contributed by atoms with van der Waals surface area (Å²) in [5.41, 5.74) is 1.19. The van der Waals surface area contributed by atoms with Crippen molar-refractivity contribution in [2.24, 2.45) is 0 Å². The van der Waals surface area contributed by atoms with E-state index >= 15 is 0 Å². The van der Waals surface area contributed by atoms with Crippen molar-refractivity contribution in [3.05, 3.63) is 18.2 Å². The maximum atomic E-state index is 11.8. The number of amides is 1. The van der Waals surface area contributed by atoms with Crippen LogP contribution in [0.5, 0.6) is 0 Å². The standard InChI is InChI=1S/C13H22N4O/c1-10(2)16-13(18)8-17-9-15-7-12(17)11-3-5-14-6-4-11/h7,9-11,14H,3-6,8H2,1-2H3,(H,16,18). The van der Waals surface area contributed by atoms with Gasteiger partial charge in [0.1, 0.15) is 6.54 Å². The smallest absolute Gasteiger partial charge is 0.240 e. The van der Waals surface area contributed by atoms with Crippen LogP contribution >= 0.6 is 0 Å². The van der Waals surface area contributed by atoms with E-state index in [1.165, 1.54) is 5.69 Å². The lowest BCUT2D eigenvalue weighted by Crippen LogP contribution is -2.34. The van der Waals surface area contributed by atoms with Crippen molar-refractivity contribution in [2.45, 2.75) is 45.2 Å². The molecular formula is C13H22N4O. The number of carbonyl (C=O) groups excluding carboxylic acids is 1. The third-order valence-electron chi connectivity index (χ3n) is 3.27. The molecular weight excluding hydrogens is 228 g/mol. The average molecular weight is 250 g/mol. The van der Waals surface area contributed by atoms with Crippen molar-refractivity contribution >= 4 is 5.91 Å². The number of carbonyl (C=O) groups is 1. The summed E-state index contributed by atoms with van der Waals surface area (Å²) in [6.45, 7) is 6.42. The normalized spacial score (nSPS) is 17.1. The Bertz CT molecular complexity index is 393.